The number of carbonyl (C=O) groups excluding carboxylic acids is 2. The molecule has 2 amide bonds. The van der Waals surface area contributed by atoms with E-state index in [0.29, 0.717) is 28.4 Å². The molecule has 5 nitrogen and oxygen atoms in total. The first-order valence-electron chi connectivity index (χ1n) is 9.16. The van der Waals surface area contributed by atoms with E-state index < -0.39 is 5.91 Å². The van der Waals surface area contributed by atoms with Gasteiger partial charge in [-0.2, -0.15) is 5.26 Å². The first kappa shape index (κ1) is 20.8. The fourth-order valence-electron chi connectivity index (χ4n) is 2.74. The van der Waals surface area contributed by atoms with Gasteiger partial charge in [0.2, 0.25) is 0 Å². The van der Waals surface area contributed by atoms with E-state index in [0.717, 1.165) is 5.56 Å². The summed E-state index contributed by atoms with van der Waals surface area (Å²) in [6, 6.07) is 25.0. The summed E-state index contributed by atoms with van der Waals surface area (Å²) in [6.45, 7) is 0.326. The number of carbonyl (C=O) groups is 2. The molecule has 2 N–H and O–H groups in total. The number of amides is 2. The smallest absolute Gasteiger partial charge is 0.262 e. The number of rotatable bonds is 6. The van der Waals surface area contributed by atoms with Gasteiger partial charge in [0.25, 0.3) is 11.8 Å². The van der Waals surface area contributed by atoms with Gasteiger partial charge in [0.05, 0.1) is 10.6 Å². The molecule has 0 heterocycles. The predicted molar refractivity (Wildman–Crippen MR) is 118 cm³/mol. The average molecular weight is 416 g/mol. The molecule has 3 aromatic carbocycles. The highest BCUT2D eigenvalue weighted by Gasteiger charge is 2.11. The van der Waals surface area contributed by atoms with Crippen molar-refractivity contribution in [2.75, 3.05) is 5.32 Å². The standard InChI is InChI=1S/C24H18ClN3O2/c25-22-12-5-4-11-21(22)24(30)28-20-10-6-9-18(14-20)13-19(15-26)23(29)27-16-17-7-2-1-3-8-17/h1-14H,16H2,(H,27,29)(H,28,30)/b19-13+. The lowest BCUT2D eigenvalue weighted by molar-refractivity contribution is -0.117. The Morgan fingerprint density at radius 3 is 2.43 bits per heavy atom. The van der Waals surface area contributed by atoms with Gasteiger partial charge < -0.3 is 10.6 Å². The monoisotopic (exact) mass is 415 g/mol. The molecule has 0 radical (unpaired) electrons. The minimum absolute atomic E-state index is 0.0273. The van der Waals surface area contributed by atoms with Crippen LogP contribution in [0.3, 0.4) is 0 Å². The molecule has 3 aromatic rings. The lowest BCUT2D eigenvalue weighted by Crippen LogP contribution is -2.23. The van der Waals surface area contributed by atoms with Crippen molar-refractivity contribution < 1.29 is 9.59 Å². The predicted octanol–water partition coefficient (Wildman–Crippen LogP) is 4.82. The van der Waals surface area contributed by atoms with Gasteiger partial charge in [-0.25, -0.2) is 0 Å². The summed E-state index contributed by atoms with van der Waals surface area (Å²) in [7, 11) is 0. The lowest BCUT2D eigenvalue weighted by Gasteiger charge is -2.08. The highest BCUT2D eigenvalue weighted by molar-refractivity contribution is 6.34. The molecule has 0 aliphatic heterocycles. The normalized spacial score (nSPS) is 10.7. The maximum atomic E-state index is 12.4. The number of hydrogen-bond donors (Lipinski definition) is 2. The highest BCUT2D eigenvalue weighted by Crippen LogP contribution is 2.19. The summed E-state index contributed by atoms with van der Waals surface area (Å²) in [4.78, 5) is 24.8. The Morgan fingerprint density at radius 2 is 1.70 bits per heavy atom. The molecular weight excluding hydrogens is 398 g/mol. The minimum Gasteiger partial charge on any atom is -0.347 e. The summed E-state index contributed by atoms with van der Waals surface area (Å²) in [6.07, 6.45) is 1.48. The van der Waals surface area contributed by atoms with Crippen molar-refractivity contribution >= 4 is 35.2 Å². The molecule has 0 spiro atoms. The Labute approximate surface area is 179 Å². The largest absolute Gasteiger partial charge is 0.347 e. The number of anilines is 1. The molecule has 0 aliphatic rings. The Morgan fingerprint density at radius 1 is 0.967 bits per heavy atom. The zero-order valence-corrected chi connectivity index (χ0v) is 16.7. The summed E-state index contributed by atoms with van der Waals surface area (Å²) >= 11 is 6.06. The lowest BCUT2D eigenvalue weighted by atomic mass is 10.1. The van der Waals surface area contributed by atoms with Gasteiger partial charge in [-0.05, 0) is 41.5 Å². The molecule has 0 fully saturated rings. The third-order valence-electron chi connectivity index (χ3n) is 4.23. The van der Waals surface area contributed by atoms with Crippen molar-refractivity contribution in [1.82, 2.24) is 5.32 Å². The zero-order chi connectivity index (χ0) is 21.3. The quantitative estimate of drug-likeness (QED) is 0.447. The van der Waals surface area contributed by atoms with Crippen LogP contribution in [0.15, 0.2) is 84.4 Å². The van der Waals surface area contributed by atoms with Crippen molar-refractivity contribution in [2.24, 2.45) is 0 Å². The number of halogens is 1. The Bertz CT molecular complexity index is 1130. The van der Waals surface area contributed by atoms with Crippen LogP contribution in [0.5, 0.6) is 0 Å². The first-order chi connectivity index (χ1) is 14.6. The molecule has 0 atom stereocenters. The van der Waals surface area contributed by atoms with E-state index in [1.54, 1.807) is 48.5 Å². The van der Waals surface area contributed by atoms with Crippen molar-refractivity contribution in [1.29, 1.82) is 5.26 Å². The SMILES string of the molecule is N#C/C(=C\c1cccc(NC(=O)c2ccccc2Cl)c1)C(=O)NCc1ccccc1. The molecule has 0 aliphatic carbocycles. The second kappa shape index (κ2) is 10.1. The molecule has 0 unspecified atom stereocenters. The topological polar surface area (TPSA) is 82.0 Å². The van der Waals surface area contributed by atoms with E-state index in [1.165, 1.54) is 6.08 Å². The molecular formula is C24H18ClN3O2. The van der Waals surface area contributed by atoms with Crippen LogP contribution in [0, 0.1) is 11.3 Å². The van der Waals surface area contributed by atoms with Crippen molar-refractivity contribution in [3.63, 3.8) is 0 Å². The van der Waals surface area contributed by atoms with Crippen LogP contribution in [-0.2, 0) is 11.3 Å². The fraction of sp³-hybridized carbons (Fsp3) is 0.0417. The second-order valence-corrected chi connectivity index (χ2v) is 6.80. The van der Waals surface area contributed by atoms with Gasteiger partial charge in [0, 0.05) is 12.2 Å². The zero-order valence-electron chi connectivity index (χ0n) is 15.9. The summed E-state index contributed by atoms with van der Waals surface area (Å²) in [5.41, 5.74) is 2.40. The van der Waals surface area contributed by atoms with E-state index in [2.05, 4.69) is 10.6 Å². The van der Waals surface area contributed by atoms with Gasteiger partial charge in [0.1, 0.15) is 11.6 Å². The van der Waals surface area contributed by atoms with E-state index in [-0.39, 0.29) is 11.5 Å². The van der Waals surface area contributed by atoms with Gasteiger partial charge in [-0.3, -0.25) is 9.59 Å². The molecule has 0 bridgehead atoms. The fourth-order valence-corrected chi connectivity index (χ4v) is 2.96. The minimum atomic E-state index is -0.466. The van der Waals surface area contributed by atoms with Gasteiger partial charge in [-0.1, -0.05) is 66.2 Å². The summed E-state index contributed by atoms with van der Waals surface area (Å²) in [5.74, 6) is -0.810. The Balaban J connectivity index is 1.71. The van der Waals surface area contributed by atoms with Gasteiger partial charge in [0.15, 0.2) is 0 Å². The molecule has 30 heavy (non-hydrogen) atoms. The van der Waals surface area contributed by atoms with Crippen LogP contribution < -0.4 is 10.6 Å². The van der Waals surface area contributed by atoms with E-state index in [1.807, 2.05) is 36.4 Å². The number of benzene rings is 3. The molecule has 3 rings (SSSR count). The van der Waals surface area contributed by atoms with E-state index in [9.17, 15) is 14.9 Å². The molecule has 0 saturated carbocycles. The van der Waals surface area contributed by atoms with Crippen LogP contribution in [0.1, 0.15) is 21.5 Å². The van der Waals surface area contributed by atoms with Crippen LogP contribution in [0.2, 0.25) is 5.02 Å². The third kappa shape index (κ3) is 5.57. The van der Waals surface area contributed by atoms with Crippen molar-refractivity contribution in [2.45, 2.75) is 6.54 Å². The van der Waals surface area contributed by atoms with Crippen LogP contribution in [0.25, 0.3) is 6.08 Å². The summed E-state index contributed by atoms with van der Waals surface area (Å²) < 4.78 is 0. The van der Waals surface area contributed by atoms with E-state index >= 15 is 0 Å². The number of hydrogen-bond acceptors (Lipinski definition) is 3. The van der Waals surface area contributed by atoms with Crippen LogP contribution in [-0.4, -0.2) is 11.8 Å². The maximum absolute atomic E-state index is 12.4. The number of nitrogens with zero attached hydrogens (tertiary/aromatic N) is 1. The first-order valence-corrected chi connectivity index (χ1v) is 9.54. The Hall–Kier alpha value is -3.88. The summed E-state index contributed by atoms with van der Waals surface area (Å²) in [5, 5.41) is 15.2. The highest BCUT2D eigenvalue weighted by atomic mass is 35.5. The third-order valence-corrected chi connectivity index (χ3v) is 4.56. The number of nitrogens with one attached hydrogen (secondary N) is 2. The molecule has 6 heteroatoms. The maximum Gasteiger partial charge on any atom is 0.262 e. The molecule has 0 saturated heterocycles. The average Bonchev–Trinajstić information content (AvgIpc) is 2.77. The van der Waals surface area contributed by atoms with Crippen LogP contribution in [0.4, 0.5) is 5.69 Å². The van der Waals surface area contributed by atoms with Gasteiger partial charge >= 0.3 is 0 Å². The van der Waals surface area contributed by atoms with Gasteiger partial charge in [-0.15, -0.1) is 0 Å². The number of nitriles is 1. The van der Waals surface area contributed by atoms with Crippen molar-refractivity contribution in [3.8, 4) is 6.07 Å². The second-order valence-electron chi connectivity index (χ2n) is 6.40. The molecule has 148 valence electrons. The van der Waals surface area contributed by atoms with E-state index in [4.69, 9.17) is 11.6 Å². The Kier molecular flexibility index (Phi) is 6.99. The van der Waals surface area contributed by atoms with Crippen molar-refractivity contribution in [3.05, 3.63) is 106 Å². The molecule has 0 aromatic heterocycles. The van der Waals surface area contributed by atoms with Crippen LogP contribution >= 0.6 is 11.6 Å².